The summed E-state index contributed by atoms with van der Waals surface area (Å²) in [4.78, 5) is 15.8. The maximum atomic E-state index is 15.8. The summed E-state index contributed by atoms with van der Waals surface area (Å²) in [5.41, 5.74) is -0.898. The number of carbonyl (C=O) groups is 1. The second-order valence-electron chi connectivity index (χ2n) is 16.1. The minimum absolute atomic E-state index is 0.0123. The first-order valence-corrected chi connectivity index (χ1v) is 19.8. The van der Waals surface area contributed by atoms with E-state index in [0.29, 0.717) is 23.7 Å². The Morgan fingerprint density at radius 1 is 0.477 bits per heavy atom. The zero-order chi connectivity index (χ0) is 29.1. The number of carbonyl (C=O) groups excluding carboxylic acids is 1. The van der Waals surface area contributed by atoms with Crippen molar-refractivity contribution in [2.24, 2.45) is 59.2 Å². The van der Waals surface area contributed by atoms with Gasteiger partial charge in [-0.15, -0.1) is 0 Å². The Kier molecular flexibility index (Phi) is 5.64. The molecule has 228 valence electrons. The quantitative estimate of drug-likeness (QED) is 0.279. The summed E-state index contributed by atoms with van der Waals surface area (Å²) in [6, 6.07) is 32.0. The van der Waals surface area contributed by atoms with Crippen LogP contribution in [0.3, 0.4) is 0 Å². The molecule has 1 aliphatic heterocycles. The van der Waals surface area contributed by atoms with Gasteiger partial charge < -0.3 is 0 Å². The van der Waals surface area contributed by atoms with Crippen LogP contribution in [-0.2, 0) is 13.8 Å². The molecule has 0 radical (unpaired) electrons. The van der Waals surface area contributed by atoms with Crippen molar-refractivity contribution in [1.29, 1.82) is 0 Å². The average molecular weight is 605 g/mol. The van der Waals surface area contributed by atoms with Crippen molar-refractivity contribution in [1.82, 2.24) is 0 Å². The van der Waals surface area contributed by atoms with Gasteiger partial charge in [-0.2, -0.15) is 0 Å². The van der Waals surface area contributed by atoms with Crippen molar-refractivity contribution in [3.63, 3.8) is 0 Å². The molecule has 8 bridgehead atoms. The van der Waals surface area contributed by atoms with Gasteiger partial charge in [-0.05, 0) is 0 Å². The van der Waals surface area contributed by atoms with Gasteiger partial charge in [-0.25, -0.2) is 0 Å². The maximum absolute atomic E-state index is 15.8. The Labute approximate surface area is 262 Å². The third-order valence-corrected chi connectivity index (χ3v) is 18.9. The molecule has 1 heterocycles. The first kappa shape index (κ1) is 26.7. The van der Waals surface area contributed by atoms with Crippen LogP contribution in [0.2, 0.25) is 0 Å². The van der Waals surface area contributed by atoms with E-state index in [0.717, 1.165) is 39.6 Å². The monoisotopic (exact) mass is 604 g/mol. The van der Waals surface area contributed by atoms with Crippen LogP contribution in [0, 0.1) is 59.2 Å². The van der Waals surface area contributed by atoms with Crippen LogP contribution >= 0.6 is 7.06 Å². The molecule has 0 spiro atoms. The van der Waals surface area contributed by atoms with Crippen molar-refractivity contribution in [3.05, 3.63) is 91.0 Å². The van der Waals surface area contributed by atoms with Crippen molar-refractivity contribution in [2.75, 3.05) is 0 Å². The van der Waals surface area contributed by atoms with Crippen molar-refractivity contribution < 1.29 is 13.8 Å². The van der Waals surface area contributed by atoms with Crippen LogP contribution in [0.4, 0.5) is 0 Å². The van der Waals surface area contributed by atoms with Gasteiger partial charge in [0.15, 0.2) is 0 Å². The molecule has 0 atom stereocenters. The molecule has 0 amide bonds. The first-order valence-electron chi connectivity index (χ1n) is 17.7. The van der Waals surface area contributed by atoms with Gasteiger partial charge in [-0.3, -0.25) is 0 Å². The standard InChI is InChI=1S/C40H45O3P/c41-39-40(37-30-18-26-16-27(20-30)21-31(37)19-26,38-32-22-28-17-29(24-32)25-33(38)23-28)43-44(42-39,34-10-4-1-5-11-34,35-12-6-2-7-13-35)36-14-8-3-9-15-36/h1-15,26-33,37-38H,16-25H2. The summed E-state index contributed by atoms with van der Waals surface area (Å²) in [6.07, 6.45) is 13.1. The first-order chi connectivity index (χ1) is 21.6. The Bertz CT molecular complexity index is 1390. The fourth-order valence-corrected chi connectivity index (χ4v) is 18.4. The summed E-state index contributed by atoms with van der Waals surface area (Å²) in [5, 5.41) is 3.08. The van der Waals surface area contributed by atoms with Gasteiger partial charge >= 0.3 is 263 Å². The fraction of sp³-hybridized carbons (Fsp3) is 0.525. The second kappa shape index (κ2) is 9.29. The zero-order valence-electron chi connectivity index (χ0n) is 25.7. The molecule has 0 aromatic heterocycles. The molecule has 44 heavy (non-hydrogen) atoms. The molecular weight excluding hydrogens is 559 g/mol. The van der Waals surface area contributed by atoms with E-state index in [-0.39, 0.29) is 17.8 Å². The topological polar surface area (TPSA) is 35.5 Å². The predicted molar refractivity (Wildman–Crippen MR) is 176 cm³/mol. The summed E-state index contributed by atoms with van der Waals surface area (Å²) in [6.45, 7) is 0. The third-order valence-electron chi connectivity index (χ3n) is 14.0. The van der Waals surface area contributed by atoms with Crippen LogP contribution in [0.25, 0.3) is 0 Å². The van der Waals surface area contributed by atoms with Crippen LogP contribution < -0.4 is 15.9 Å². The molecule has 9 aliphatic rings. The van der Waals surface area contributed by atoms with E-state index in [1.54, 1.807) is 0 Å². The molecule has 9 fully saturated rings. The fourth-order valence-electron chi connectivity index (χ4n) is 13.3. The molecular formula is C40H45O3P. The predicted octanol–water partition coefficient (Wildman–Crippen LogP) is 7.80. The molecule has 4 heteroatoms. The number of benzene rings is 3. The Hall–Kier alpha value is -2.48. The van der Waals surface area contributed by atoms with Crippen molar-refractivity contribution in [3.8, 4) is 0 Å². The Morgan fingerprint density at radius 2 is 0.795 bits per heavy atom. The van der Waals surface area contributed by atoms with Gasteiger partial charge in [-0.1, -0.05) is 0 Å². The average Bonchev–Trinajstić information content (AvgIpc) is 3.33. The second-order valence-corrected chi connectivity index (χ2v) is 20.0. The number of rotatable bonds is 5. The van der Waals surface area contributed by atoms with E-state index in [1.807, 2.05) is 0 Å². The van der Waals surface area contributed by atoms with Crippen molar-refractivity contribution in [2.45, 2.75) is 69.8 Å². The van der Waals surface area contributed by atoms with E-state index in [4.69, 9.17) is 9.05 Å². The van der Waals surface area contributed by atoms with E-state index in [2.05, 4.69) is 91.0 Å². The minimum atomic E-state index is -4.17. The van der Waals surface area contributed by atoms with E-state index < -0.39 is 12.7 Å². The molecule has 3 nitrogen and oxygen atoms in total. The molecule has 0 unspecified atom stereocenters. The van der Waals surface area contributed by atoms with Gasteiger partial charge in [0.05, 0.1) is 0 Å². The normalized spacial score (nSPS) is 44.6. The van der Waals surface area contributed by atoms with E-state index >= 15 is 4.79 Å². The molecule has 12 rings (SSSR count). The van der Waals surface area contributed by atoms with Crippen LogP contribution in [0.5, 0.6) is 0 Å². The third kappa shape index (κ3) is 3.34. The van der Waals surface area contributed by atoms with Gasteiger partial charge in [0.2, 0.25) is 0 Å². The summed E-state index contributed by atoms with van der Waals surface area (Å²) in [5.74, 6) is 6.14. The van der Waals surface area contributed by atoms with Gasteiger partial charge in [0.25, 0.3) is 0 Å². The molecule has 0 N–H and O–H groups in total. The molecule has 8 aliphatic carbocycles. The molecule has 8 saturated carbocycles. The SMILES string of the molecule is O=C1OP(c2ccccc2)(c2ccccc2)(c2ccccc2)OC1(C1C2CC3CC(C2)CC1C3)C1C2CC3CC(C2)CC1C3. The van der Waals surface area contributed by atoms with E-state index in [9.17, 15) is 0 Å². The Balaban J connectivity index is 1.27. The molecule has 3 aromatic carbocycles. The molecule has 3 aromatic rings. The van der Waals surface area contributed by atoms with Crippen LogP contribution in [0.15, 0.2) is 91.0 Å². The molecule has 1 saturated heterocycles. The van der Waals surface area contributed by atoms with Crippen LogP contribution in [-0.4, -0.2) is 11.6 Å². The number of hydrogen-bond acceptors (Lipinski definition) is 3. The zero-order valence-corrected chi connectivity index (χ0v) is 26.6. The van der Waals surface area contributed by atoms with Gasteiger partial charge in [0, 0.05) is 0 Å². The summed E-state index contributed by atoms with van der Waals surface area (Å²) in [7, 11) is -4.17. The van der Waals surface area contributed by atoms with Crippen LogP contribution in [0.1, 0.15) is 64.2 Å². The van der Waals surface area contributed by atoms with Gasteiger partial charge in [0.1, 0.15) is 0 Å². The Morgan fingerprint density at radius 3 is 1.11 bits per heavy atom. The summed E-state index contributed by atoms with van der Waals surface area (Å²) < 4.78 is 15.9. The number of hydrogen-bond donors (Lipinski definition) is 0. The summed E-state index contributed by atoms with van der Waals surface area (Å²) >= 11 is 0. The van der Waals surface area contributed by atoms with E-state index in [1.165, 1.54) is 64.2 Å². The van der Waals surface area contributed by atoms with Crippen molar-refractivity contribution >= 4 is 28.9 Å².